The molecule has 0 aliphatic rings. The highest BCUT2D eigenvalue weighted by Gasteiger charge is 2.18. The summed E-state index contributed by atoms with van der Waals surface area (Å²) in [5, 5.41) is 6.96. The van der Waals surface area contributed by atoms with Gasteiger partial charge in [-0.3, -0.25) is 19.1 Å². The van der Waals surface area contributed by atoms with E-state index in [1.807, 2.05) is 30.3 Å². The molecule has 0 radical (unpaired) electrons. The standard InChI is InChI=1S/C24H23N5O4/c1-16-23(24(32)29(27(16)2)18-9-5-4-6-10-18)25-21(30)15-28-22(31)13-12-20(26-28)17-8-7-11-19(14-17)33-3/h4-14H,15H2,1-3H3,(H,25,30). The molecule has 0 atom stereocenters. The Morgan fingerprint density at radius 2 is 1.79 bits per heavy atom. The number of anilines is 1. The summed E-state index contributed by atoms with van der Waals surface area (Å²) < 4.78 is 9.44. The molecule has 0 aliphatic heterocycles. The van der Waals surface area contributed by atoms with Crippen LogP contribution in [0.15, 0.2) is 76.3 Å². The van der Waals surface area contributed by atoms with Crippen molar-refractivity contribution in [2.75, 3.05) is 12.4 Å². The zero-order valence-electron chi connectivity index (χ0n) is 18.5. The average molecular weight is 445 g/mol. The fourth-order valence-electron chi connectivity index (χ4n) is 3.53. The van der Waals surface area contributed by atoms with Crippen molar-refractivity contribution in [3.05, 3.63) is 93.1 Å². The van der Waals surface area contributed by atoms with Crippen LogP contribution in [0.2, 0.25) is 0 Å². The van der Waals surface area contributed by atoms with Crippen LogP contribution in [0.4, 0.5) is 5.69 Å². The molecule has 0 spiro atoms. The van der Waals surface area contributed by atoms with Crippen LogP contribution in [-0.4, -0.2) is 32.2 Å². The molecule has 0 unspecified atom stereocenters. The third kappa shape index (κ3) is 4.33. The molecule has 0 saturated carbocycles. The number of nitrogens with one attached hydrogen (secondary N) is 1. The Balaban J connectivity index is 1.60. The molecule has 1 amide bonds. The predicted molar refractivity (Wildman–Crippen MR) is 125 cm³/mol. The minimum Gasteiger partial charge on any atom is -0.497 e. The summed E-state index contributed by atoms with van der Waals surface area (Å²) in [6.07, 6.45) is 0. The quantitative estimate of drug-likeness (QED) is 0.491. The fourth-order valence-corrected chi connectivity index (χ4v) is 3.53. The predicted octanol–water partition coefficient (Wildman–Crippen LogP) is 2.36. The number of benzene rings is 2. The zero-order valence-corrected chi connectivity index (χ0v) is 18.5. The lowest BCUT2D eigenvalue weighted by Gasteiger charge is -2.08. The van der Waals surface area contributed by atoms with E-state index in [0.717, 1.165) is 10.2 Å². The van der Waals surface area contributed by atoms with Gasteiger partial charge in [0.05, 0.1) is 24.2 Å². The van der Waals surface area contributed by atoms with E-state index < -0.39 is 11.5 Å². The maximum atomic E-state index is 13.0. The Labute approximate surface area is 189 Å². The van der Waals surface area contributed by atoms with Gasteiger partial charge in [-0.05, 0) is 37.3 Å². The summed E-state index contributed by atoms with van der Waals surface area (Å²) in [6.45, 7) is 1.40. The van der Waals surface area contributed by atoms with Crippen molar-refractivity contribution in [3.63, 3.8) is 0 Å². The number of rotatable bonds is 6. The molecule has 1 N–H and O–H groups in total. The number of nitrogens with zero attached hydrogens (tertiary/aromatic N) is 4. The van der Waals surface area contributed by atoms with Crippen LogP contribution in [0.5, 0.6) is 5.75 Å². The number of hydrogen-bond acceptors (Lipinski definition) is 5. The molecule has 9 heteroatoms. The van der Waals surface area contributed by atoms with Crippen molar-refractivity contribution in [1.29, 1.82) is 0 Å². The highest BCUT2D eigenvalue weighted by atomic mass is 16.5. The Morgan fingerprint density at radius 3 is 2.52 bits per heavy atom. The minimum atomic E-state index is -0.529. The third-order valence-corrected chi connectivity index (χ3v) is 5.34. The maximum absolute atomic E-state index is 13.0. The second-order valence-electron chi connectivity index (χ2n) is 7.43. The first-order chi connectivity index (χ1) is 15.9. The van der Waals surface area contributed by atoms with Crippen LogP contribution in [0.1, 0.15) is 5.69 Å². The highest BCUT2D eigenvalue weighted by molar-refractivity contribution is 5.91. The van der Waals surface area contributed by atoms with Gasteiger partial charge in [-0.2, -0.15) is 5.10 Å². The minimum absolute atomic E-state index is 0.156. The number of methoxy groups -OCH3 is 1. The number of aromatic nitrogens is 4. The largest absolute Gasteiger partial charge is 0.497 e. The van der Waals surface area contributed by atoms with Crippen LogP contribution in [0.25, 0.3) is 16.9 Å². The molecule has 33 heavy (non-hydrogen) atoms. The number of carbonyl (C=O) groups excluding carboxylic acids is 1. The molecule has 2 heterocycles. The molecule has 4 aromatic rings. The molecular weight excluding hydrogens is 422 g/mol. The van der Waals surface area contributed by atoms with Gasteiger partial charge in [0.25, 0.3) is 11.1 Å². The topological polar surface area (TPSA) is 100 Å². The Bertz CT molecular complexity index is 1430. The van der Waals surface area contributed by atoms with Gasteiger partial charge in [0, 0.05) is 18.7 Å². The van der Waals surface area contributed by atoms with Crippen molar-refractivity contribution in [2.45, 2.75) is 13.5 Å². The monoisotopic (exact) mass is 445 g/mol. The second-order valence-corrected chi connectivity index (χ2v) is 7.43. The summed E-state index contributed by atoms with van der Waals surface area (Å²) >= 11 is 0. The van der Waals surface area contributed by atoms with Gasteiger partial charge in [-0.1, -0.05) is 30.3 Å². The van der Waals surface area contributed by atoms with E-state index in [1.165, 1.54) is 10.7 Å². The van der Waals surface area contributed by atoms with E-state index in [1.54, 1.807) is 56.1 Å². The number of hydrogen-bond donors (Lipinski definition) is 1. The molecule has 0 aliphatic carbocycles. The number of para-hydroxylation sites is 1. The van der Waals surface area contributed by atoms with Gasteiger partial charge in [0.15, 0.2) is 0 Å². The molecule has 168 valence electrons. The summed E-state index contributed by atoms with van der Waals surface area (Å²) in [7, 11) is 3.30. The molecule has 0 saturated heterocycles. The number of amides is 1. The van der Waals surface area contributed by atoms with Crippen molar-refractivity contribution in [2.24, 2.45) is 7.05 Å². The summed E-state index contributed by atoms with van der Waals surface area (Å²) in [5.74, 6) is 0.123. The van der Waals surface area contributed by atoms with E-state index in [-0.39, 0.29) is 17.8 Å². The van der Waals surface area contributed by atoms with Crippen molar-refractivity contribution < 1.29 is 9.53 Å². The number of ether oxygens (including phenoxy) is 1. The SMILES string of the molecule is COc1cccc(-c2ccc(=O)n(CC(=O)Nc3c(C)n(C)n(-c4ccccc4)c3=O)n2)c1. The van der Waals surface area contributed by atoms with E-state index in [4.69, 9.17) is 4.74 Å². The van der Waals surface area contributed by atoms with Gasteiger partial charge in [0.1, 0.15) is 18.0 Å². The van der Waals surface area contributed by atoms with Crippen LogP contribution < -0.4 is 21.2 Å². The van der Waals surface area contributed by atoms with E-state index in [0.29, 0.717) is 22.8 Å². The normalized spacial score (nSPS) is 10.8. The van der Waals surface area contributed by atoms with E-state index in [9.17, 15) is 14.4 Å². The fraction of sp³-hybridized carbons (Fsp3) is 0.167. The van der Waals surface area contributed by atoms with Crippen molar-refractivity contribution in [1.82, 2.24) is 19.1 Å². The van der Waals surface area contributed by atoms with E-state index in [2.05, 4.69) is 10.4 Å². The highest BCUT2D eigenvalue weighted by Crippen LogP contribution is 2.21. The molecule has 0 bridgehead atoms. The second kappa shape index (κ2) is 8.99. The molecule has 4 rings (SSSR count). The van der Waals surface area contributed by atoms with Crippen molar-refractivity contribution >= 4 is 11.6 Å². The van der Waals surface area contributed by atoms with Gasteiger partial charge in [0.2, 0.25) is 5.91 Å². The summed E-state index contributed by atoms with van der Waals surface area (Å²) in [5.41, 5.74) is 1.89. The van der Waals surface area contributed by atoms with Gasteiger partial charge < -0.3 is 10.1 Å². The molecular formula is C24H23N5O4. The average Bonchev–Trinajstić information content (AvgIpc) is 3.04. The third-order valence-electron chi connectivity index (χ3n) is 5.34. The Kier molecular flexibility index (Phi) is 5.95. The molecule has 0 fully saturated rings. The van der Waals surface area contributed by atoms with Crippen LogP contribution >= 0.6 is 0 Å². The Hall–Kier alpha value is -4.40. The lowest BCUT2D eigenvalue weighted by Crippen LogP contribution is -2.30. The maximum Gasteiger partial charge on any atom is 0.295 e. The molecule has 2 aromatic carbocycles. The Morgan fingerprint density at radius 1 is 1.03 bits per heavy atom. The number of carbonyl (C=O) groups is 1. The molecule has 9 nitrogen and oxygen atoms in total. The van der Waals surface area contributed by atoms with Gasteiger partial charge >= 0.3 is 0 Å². The van der Waals surface area contributed by atoms with Crippen LogP contribution in [-0.2, 0) is 18.4 Å². The summed E-state index contributed by atoms with van der Waals surface area (Å²) in [6, 6.07) is 19.3. The van der Waals surface area contributed by atoms with Crippen LogP contribution in [0, 0.1) is 6.92 Å². The first kappa shape index (κ1) is 21.8. The van der Waals surface area contributed by atoms with E-state index >= 15 is 0 Å². The van der Waals surface area contributed by atoms with Crippen molar-refractivity contribution in [3.8, 4) is 22.7 Å². The van der Waals surface area contributed by atoms with Gasteiger partial charge in [-0.15, -0.1) is 0 Å². The lowest BCUT2D eigenvalue weighted by molar-refractivity contribution is -0.117. The molecule has 2 aromatic heterocycles. The zero-order chi connectivity index (χ0) is 23.5. The lowest BCUT2D eigenvalue weighted by atomic mass is 10.1. The van der Waals surface area contributed by atoms with Gasteiger partial charge in [-0.25, -0.2) is 9.36 Å². The summed E-state index contributed by atoms with van der Waals surface area (Å²) in [4.78, 5) is 38.1. The van der Waals surface area contributed by atoms with Crippen LogP contribution in [0.3, 0.4) is 0 Å². The smallest absolute Gasteiger partial charge is 0.295 e. The first-order valence-corrected chi connectivity index (χ1v) is 10.3. The first-order valence-electron chi connectivity index (χ1n) is 10.3.